The zero-order chi connectivity index (χ0) is 9.97. The van der Waals surface area contributed by atoms with Crippen LogP contribution in [0.5, 0.6) is 0 Å². The highest BCUT2D eigenvalue weighted by molar-refractivity contribution is 5.75. The van der Waals surface area contributed by atoms with Crippen LogP contribution in [0.4, 0.5) is 0 Å². The fraction of sp³-hybridized carbons (Fsp3) is 0.167. The Hall–Kier alpha value is -1.70. The van der Waals surface area contributed by atoms with E-state index >= 15 is 0 Å². The second-order valence-electron chi connectivity index (χ2n) is 3.21. The molecular weight excluding hydrogens is 174 g/mol. The molecule has 2 rings (SSSR count). The molecule has 0 saturated carbocycles. The fourth-order valence-electron chi connectivity index (χ4n) is 1.61. The Kier molecular flexibility index (Phi) is 2.27. The molecule has 0 radical (unpaired) electrons. The van der Waals surface area contributed by atoms with E-state index in [4.69, 9.17) is 10.2 Å². The minimum Gasteiger partial charge on any atom is -0.464 e. The van der Waals surface area contributed by atoms with E-state index in [0.29, 0.717) is 0 Å². The van der Waals surface area contributed by atoms with Gasteiger partial charge < -0.3 is 10.2 Å². The highest BCUT2D eigenvalue weighted by atomic mass is 16.3. The lowest BCUT2D eigenvalue weighted by Crippen LogP contribution is -2.00. The van der Waals surface area contributed by atoms with E-state index in [0.717, 1.165) is 29.0 Å². The largest absolute Gasteiger partial charge is 0.464 e. The van der Waals surface area contributed by atoms with Gasteiger partial charge in [-0.15, -0.1) is 0 Å². The molecule has 0 aliphatic heterocycles. The molecule has 0 fully saturated rings. The minimum absolute atomic E-state index is 0.785. The van der Waals surface area contributed by atoms with Crippen molar-refractivity contribution in [1.29, 1.82) is 0 Å². The maximum absolute atomic E-state index is 5.93. The molecule has 0 atom stereocenters. The van der Waals surface area contributed by atoms with Crippen LogP contribution in [0, 0.1) is 0 Å². The summed E-state index contributed by atoms with van der Waals surface area (Å²) in [5, 5.41) is 0. The lowest BCUT2D eigenvalue weighted by atomic mass is 10.0. The van der Waals surface area contributed by atoms with Crippen molar-refractivity contribution in [1.82, 2.24) is 0 Å². The van der Waals surface area contributed by atoms with Gasteiger partial charge in [0.15, 0.2) is 0 Å². The van der Waals surface area contributed by atoms with Gasteiger partial charge in [0, 0.05) is 16.8 Å². The first-order valence-electron chi connectivity index (χ1n) is 4.74. The fourth-order valence-corrected chi connectivity index (χ4v) is 1.61. The molecule has 0 aromatic carbocycles. The van der Waals surface area contributed by atoms with Crippen LogP contribution in [-0.2, 0) is 0 Å². The first-order chi connectivity index (χ1) is 6.83. The van der Waals surface area contributed by atoms with Gasteiger partial charge in [0.05, 0.1) is 6.26 Å². The van der Waals surface area contributed by atoms with E-state index in [2.05, 4.69) is 6.92 Å². The highest BCUT2D eigenvalue weighted by Gasteiger charge is 2.11. The van der Waals surface area contributed by atoms with Crippen molar-refractivity contribution in [3.8, 4) is 0 Å². The monoisotopic (exact) mass is 187 g/mol. The van der Waals surface area contributed by atoms with Crippen molar-refractivity contribution in [2.24, 2.45) is 5.73 Å². The van der Waals surface area contributed by atoms with E-state index in [-0.39, 0.29) is 0 Å². The van der Waals surface area contributed by atoms with Gasteiger partial charge in [-0.3, -0.25) is 0 Å². The van der Waals surface area contributed by atoms with Crippen molar-refractivity contribution in [2.45, 2.75) is 13.3 Å². The van der Waals surface area contributed by atoms with Crippen molar-refractivity contribution >= 4 is 11.6 Å². The Labute approximate surface area is 83.4 Å². The second kappa shape index (κ2) is 3.58. The van der Waals surface area contributed by atoms with Crippen LogP contribution < -0.4 is 5.73 Å². The van der Waals surface area contributed by atoms with E-state index in [1.807, 2.05) is 30.4 Å². The van der Waals surface area contributed by atoms with Crippen molar-refractivity contribution < 1.29 is 4.42 Å². The Bertz CT molecular complexity index is 421. The smallest absolute Gasteiger partial charge is 0.139 e. The number of furan rings is 1. The lowest BCUT2D eigenvalue weighted by molar-refractivity contribution is 0.549. The summed E-state index contributed by atoms with van der Waals surface area (Å²) in [6.07, 6.45) is 10.4. The molecule has 1 aromatic rings. The third-order valence-electron chi connectivity index (χ3n) is 2.33. The van der Waals surface area contributed by atoms with Gasteiger partial charge >= 0.3 is 0 Å². The number of fused-ring (bicyclic) bond motifs is 1. The van der Waals surface area contributed by atoms with Gasteiger partial charge in [-0.05, 0) is 18.6 Å². The molecule has 2 heteroatoms. The summed E-state index contributed by atoms with van der Waals surface area (Å²) in [6.45, 7) is 2.08. The summed E-state index contributed by atoms with van der Waals surface area (Å²) in [7, 11) is 0. The summed E-state index contributed by atoms with van der Waals surface area (Å²) in [5.74, 6) is 0.894. The number of hydrogen-bond donors (Lipinski definition) is 1. The minimum atomic E-state index is 0.785. The lowest BCUT2D eigenvalue weighted by Gasteiger charge is -2.07. The summed E-state index contributed by atoms with van der Waals surface area (Å²) in [6, 6.07) is 1.95. The predicted octanol–water partition coefficient (Wildman–Crippen LogP) is 2.94. The van der Waals surface area contributed by atoms with Gasteiger partial charge in [0.1, 0.15) is 5.76 Å². The second-order valence-corrected chi connectivity index (χ2v) is 3.21. The average Bonchev–Trinajstić information content (AvgIpc) is 2.59. The Morgan fingerprint density at radius 3 is 2.86 bits per heavy atom. The maximum atomic E-state index is 5.93. The standard InChI is InChI=1S/C12H13NO/c1-2-10-11(13)6-4-3-5-9-7-8-14-12(9)10/h3-8H,2,13H2,1H3/b4-3?,5-3+,6-4+,9-5?,11-6?,11-10+,12-10?. The zero-order valence-corrected chi connectivity index (χ0v) is 8.16. The van der Waals surface area contributed by atoms with Crippen LogP contribution in [-0.4, -0.2) is 0 Å². The maximum Gasteiger partial charge on any atom is 0.139 e. The summed E-state index contributed by atoms with van der Waals surface area (Å²) >= 11 is 0. The molecule has 0 bridgehead atoms. The SMILES string of the molecule is CC/C1=C(N)/C=C/C=C/c2ccoc21. The average molecular weight is 187 g/mol. The molecule has 0 saturated heterocycles. The molecule has 2 nitrogen and oxygen atoms in total. The molecule has 1 heterocycles. The molecule has 2 N–H and O–H groups in total. The molecule has 1 aliphatic rings. The Morgan fingerprint density at radius 2 is 2.07 bits per heavy atom. The molecular formula is C12H13NO. The van der Waals surface area contributed by atoms with E-state index in [1.165, 1.54) is 0 Å². The van der Waals surface area contributed by atoms with Gasteiger partial charge in [-0.2, -0.15) is 0 Å². The topological polar surface area (TPSA) is 39.2 Å². The molecule has 1 aliphatic carbocycles. The van der Waals surface area contributed by atoms with Crippen LogP contribution >= 0.6 is 0 Å². The van der Waals surface area contributed by atoms with E-state index < -0.39 is 0 Å². The van der Waals surface area contributed by atoms with Crippen LogP contribution in [0.15, 0.2) is 40.7 Å². The molecule has 72 valence electrons. The van der Waals surface area contributed by atoms with E-state index in [1.54, 1.807) is 6.26 Å². The van der Waals surface area contributed by atoms with Crippen molar-refractivity contribution in [3.63, 3.8) is 0 Å². The number of allylic oxidation sites excluding steroid dienone is 4. The number of nitrogens with two attached hydrogens (primary N) is 1. The molecule has 0 unspecified atom stereocenters. The summed E-state index contributed by atoms with van der Waals surface area (Å²) in [5.41, 5.74) is 8.88. The van der Waals surface area contributed by atoms with Crippen molar-refractivity contribution in [3.05, 3.63) is 47.6 Å². The van der Waals surface area contributed by atoms with Gasteiger partial charge in [-0.25, -0.2) is 0 Å². The molecule has 0 spiro atoms. The molecule has 0 amide bonds. The van der Waals surface area contributed by atoms with Gasteiger partial charge in [0.25, 0.3) is 0 Å². The van der Waals surface area contributed by atoms with Crippen LogP contribution in [0.1, 0.15) is 24.7 Å². The normalized spacial score (nSPS) is 24.9. The molecule has 14 heavy (non-hydrogen) atoms. The van der Waals surface area contributed by atoms with Gasteiger partial charge in [0.2, 0.25) is 0 Å². The third kappa shape index (κ3) is 1.39. The molecule has 1 aromatic heterocycles. The highest BCUT2D eigenvalue weighted by Crippen LogP contribution is 2.27. The van der Waals surface area contributed by atoms with Crippen LogP contribution in [0.3, 0.4) is 0 Å². The predicted molar refractivity (Wildman–Crippen MR) is 58.3 cm³/mol. The van der Waals surface area contributed by atoms with E-state index in [9.17, 15) is 0 Å². The Morgan fingerprint density at radius 1 is 1.29 bits per heavy atom. The zero-order valence-electron chi connectivity index (χ0n) is 8.16. The first-order valence-corrected chi connectivity index (χ1v) is 4.74. The summed E-state index contributed by atoms with van der Waals surface area (Å²) in [4.78, 5) is 0. The summed E-state index contributed by atoms with van der Waals surface area (Å²) < 4.78 is 5.44. The van der Waals surface area contributed by atoms with Crippen LogP contribution in [0.2, 0.25) is 0 Å². The number of rotatable bonds is 1. The Balaban J connectivity index is 2.62. The number of hydrogen-bond acceptors (Lipinski definition) is 2. The van der Waals surface area contributed by atoms with Crippen LogP contribution in [0.25, 0.3) is 11.6 Å². The first kappa shape index (κ1) is 8.88. The van der Waals surface area contributed by atoms with Gasteiger partial charge in [-0.1, -0.05) is 25.2 Å². The quantitative estimate of drug-likeness (QED) is 0.734. The third-order valence-corrected chi connectivity index (χ3v) is 2.33. The van der Waals surface area contributed by atoms with Crippen molar-refractivity contribution in [2.75, 3.05) is 0 Å².